The van der Waals surface area contributed by atoms with Crippen LogP contribution in [0, 0.1) is 6.92 Å². The molecule has 0 saturated carbocycles. The number of likely N-dealkylation sites (N-methyl/N-ethyl adjacent to an activating group) is 2. The van der Waals surface area contributed by atoms with Gasteiger partial charge in [0.05, 0.1) is 6.04 Å². The highest BCUT2D eigenvalue weighted by Crippen LogP contribution is 2.26. The molecular formula is C25H28N4O3. The number of carbonyl (C=O) groups is 2. The molecule has 0 saturated heterocycles. The second-order valence-corrected chi connectivity index (χ2v) is 8.44. The number of pyridine rings is 1. The number of anilines is 1. The number of aryl methyl sites for hydroxylation is 2. The molecule has 1 N–H and O–H groups in total. The zero-order chi connectivity index (χ0) is 22.8. The van der Waals surface area contributed by atoms with E-state index in [0.717, 1.165) is 46.3 Å². The highest BCUT2D eigenvalue weighted by atomic mass is 16.3. The molecule has 2 amide bonds. The number of furan rings is 1. The highest BCUT2D eigenvalue weighted by Gasteiger charge is 2.25. The summed E-state index contributed by atoms with van der Waals surface area (Å²) in [5.41, 5.74) is 3.65. The van der Waals surface area contributed by atoms with Crippen LogP contribution in [-0.4, -0.2) is 53.8 Å². The van der Waals surface area contributed by atoms with Gasteiger partial charge in [-0.3, -0.25) is 14.5 Å². The van der Waals surface area contributed by atoms with E-state index in [1.165, 1.54) is 0 Å². The number of hydrogen-bond donors (Lipinski definition) is 1. The summed E-state index contributed by atoms with van der Waals surface area (Å²) >= 11 is 0. The lowest BCUT2D eigenvalue weighted by Crippen LogP contribution is -2.38. The third-order valence-electron chi connectivity index (χ3n) is 5.93. The van der Waals surface area contributed by atoms with Crippen molar-refractivity contribution in [2.45, 2.75) is 32.4 Å². The van der Waals surface area contributed by atoms with Crippen LogP contribution in [0.15, 0.2) is 47.0 Å². The SMILES string of the molecule is Cc1oc2ccccc2c1CN(C)C(=O)/C=C/c1cnc2c(c1)CCC(N(C)C)C(=O)N2. The number of nitrogens with one attached hydrogen (secondary N) is 1. The quantitative estimate of drug-likeness (QED) is 0.623. The molecule has 7 nitrogen and oxygen atoms in total. The minimum Gasteiger partial charge on any atom is -0.461 e. The van der Waals surface area contributed by atoms with E-state index in [0.29, 0.717) is 12.4 Å². The second-order valence-electron chi connectivity index (χ2n) is 8.44. The molecule has 32 heavy (non-hydrogen) atoms. The molecule has 1 aliphatic rings. The smallest absolute Gasteiger partial charge is 0.246 e. The van der Waals surface area contributed by atoms with Crippen molar-refractivity contribution in [2.24, 2.45) is 0 Å². The Morgan fingerprint density at radius 2 is 2.06 bits per heavy atom. The molecule has 3 aromatic rings. The van der Waals surface area contributed by atoms with Gasteiger partial charge >= 0.3 is 0 Å². The van der Waals surface area contributed by atoms with E-state index < -0.39 is 0 Å². The molecule has 1 aliphatic heterocycles. The van der Waals surface area contributed by atoms with Gasteiger partial charge in [0.2, 0.25) is 11.8 Å². The van der Waals surface area contributed by atoms with Gasteiger partial charge in [-0.2, -0.15) is 0 Å². The van der Waals surface area contributed by atoms with Crippen LogP contribution in [0.2, 0.25) is 0 Å². The minimum atomic E-state index is -0.180. The summed E-state index contributed by atoms with van der Waals surface area (Å²) in [6, 6.07) is 9.65. The lowest BCUT2D eigenvalue weighted by Gasteiger charge is -2.20. The zero-order valence-corrected chi connectivity index (χ0v) is 18.9. The van der Waals surface area contributed by atoms with Crippen molar-refractivity contribution in [2.75, 3.05) is 26.5 Å². The van der Waals surface area contributed by atoms with Crippen LogP contribution in [-0.2, 0) is 22.6 Å². The Labute approximate surface area is 187 Å². The lowest BCUT2D eigenvalue weighted by molar-refractivity contribution is -0.125. The Hall–Kier alpha value is -3.45. The monoisotopic (exact) mass is 432 g/mol. The van der Waals surface area contributed by atoms with Crippen molar-refractivity contribution >= 4 is 34.7 Å². The number of amides is 2. The van der Waals surface area contributed by atoms with Gasteiger partial charge in [0, 0.05) is 36.8 Å². The first-order valence-corrected chi connectivity index (χ1v) is 10.7. The highest BCUT2D eigenvalue weighted by molar-refractivity contribution is 5.96. The lowest BCUT2D eigenvalue weighted by atomic mass is 10.1. The molecule has 7 heteroatoms. The summed E-state index contributed by atoms with van der Waals surface area (Å²) in [6.07, 6.45) is 6.46. The molecule has 0 spiro atoms. The van der Waals surface area contributed by atoms with Crippen molar-refractivity contribution in [3.8, 4) is 0 Å². The predicted molar refractivity (Wildman–Crippen MR) is 125 cm³/mol. The summed E-state index contributed by atoms with van der Waals surface area (Å²) in [5.74, 6) is 1.28. The van der Waals surface area contributed by atoms with E-state index >= 15 is 0 Å². The number of benzene rings is 1. The predicted octanol–water partition coefficient (Wildman–Crippen LogP) is 3.62. The molecule has 0 bridgehead atoms. The third-order valence-corrected chi connectivity index (χ3v) is 5.93. The van der Waals surface area contributed by atoms with E-state index in [4.69, 9.17) is 4.42 Å². The Morgan fingerprint density at radius 1 is 1.28 bits per heavy atom. The van der Waals surface area contributed by atoms with Crippen LogP contribution in [0.4, 0.5) is 5.82 Å². The summed E-state index contributed by atoms with van der Waals surface area (Å²) < 4.78 is 5.80. The maximum Gasteiger partial charge on any atom is 0.246 e. The third kappa shape index (κ3) is 4.43. The fourth-order valence-electron chi connectivity index (χ4n) is 4.07. The van der Waals surface area contributed by atoms with Gasteiger partial charge in [-0.25, -0.2) is 4.98 Å². The molecule has 0 radical (unpaired) electrons. The van der Waals surface area contributed by atoms with Crippen molar-refractivity contribution < 1.29 is 14.0 Å². The van der Waals surface area contributed by atoms with Gasteiger partial charge in [0.25, 0.3) is 0 Å². The maximum atomic E-state index is 12.7. The minimum absolute atomic E-state index is 0.0385. The summed E-state index contributed by atoms with van der Waals surface area (Å²) in [7, 11) is 5.58. The number of carbonyl (C=O) groups excluding carboxylic acids is 2. The van der Waals surface area contributed by atoms with E-state index in [-0.39, 0.29) is 17.9 Å². The van der Waals surface area contributed by atoms with Crippen LogP contribution in [0.25, 0.3) is 17.0 Å². The van der Waals surface area contributed by atoms with Crippen LogP contribution < -0.4 is 5.32 Å². The molecule has 166 valence electrons. The summed E-state index contributed by atoms with van der Waals surface area (Å²) in [6.45, 7) is 2.39. The topological polar surface area (TPSA) is 78.7 Å². The molecule has 1 unspecified atom stereocenters. The molecule has 2 aromatic heterocycles. The molecule has 0 aliphatic carbocycles. The Kier molecular flexibility index (Phi) is 6.10. The van der Waals surface area contributed by atoms with E-state index in [1.807, 2.05) is 56.3 Å². The summed E-state index contributed by atoms with van der Waals surface area (Å²) in [5, 5.41) is 3.94. The number of aromatic nitrogens is 1. The van der Waals surface area contributed by atoms with Crippen molar-refractivity contribution in [3.63, 3.8) is 0 Å². The maximum absolute atomic E-state index is 12.7. The molecule has 1 aromatic carbocycles. The molecular weight excluding hydrogens is 404 g/mol. The molecule has 0 fully saturated rings. The van der Waals surface area contributed by atoms with Crippen LogP contribution in [0.1, 0.15) is 28.9 Å². The number of rotatable bonds is 5. The average molecular weight is 433 g/mol. The van der Waals surface area contributed by atoms with Crippen LogP contribution in [0.5, 0.6) is 0 Å². The average Bonchev–Trinajstić information content (AvgIpc) is 2.97. The van der Waals surface area contributed by atoms with Gasteiger partial charge in [0.15, 0.2) is 0 Å². The first kappa shape index (κ1) is 21.8. The fraction of sp³-hybridized carbons (Fsp3) is 0.320. The Morgan fingerprint density at radius 3 is 2.84 bits per heavy atom. The molecule has 3 heterocycles. The van der Waals surface area contributed by atoms with Gasteiger partial charge in [-0.15, -0.1) is 0 Å². The van der Waals surface area contributed by atoms with Crippen LogP contribution >= 0.6 is 0 Å². The first-order chi connectivity index (χ1) is 15.3. The fourth-order valence-corrected chi connectivity index (χ4v) is 4.07. The number of nitrogens with zero attached hydrogens (tertiary/aromatic N) is 3. The van der Waals surface area contributed by atoms with Crippen LogP contribution in [0.3, 0.4) is 0 Å². The van der Waals surface area contributed by atoms with E-state index in [9.17, 15) is 9.59 Å². The zero-order valence-electron chi connectivity index (χ0n) is 18.9. The molecule has 4 rings (SSSR count). The first-order valence-electron chi connectivity index (χ1n) is 10.7. The van der Waals surface area contributed by atoms with Gasteiger partial charge in [-0.1, -0.05) is 18.2 Å². The second kappa shape index (κ2) is 8.96. The Balaban J connectivity index is 1.46. The molecule has 1 atom stereocenters. The summed E-state index contributed by atoms with van der Waals surface area (Å²) in [4.78, 5) is 33.1. The van der Waals surface area contributed by atoms with Gasteiger partial charge in [-0.05, 0) is 63.2 Å². The standard InChI is InChI=1S/C25H28N4O3/c1-16-20(19-7-5-6-8-22(19)32-16)15-29(4)23(30)12-9-17-13-18-10-11-21(28(2)3)25(31)27-24(18)26-14-17/h5-9,12-14,21H,10-11,15H2,1-4H3,(H,26,27,31)/b12-9+. The van der Waals surface area contributed by atoms with E-state index in [1.54, 1.807) is 30.3 Å². The van der Waals surface area contributed by atoms with Gasteiger partial charge < -0.3 is 14.6 Å². The number of para-hydroxylation sites is 1. The van der Waals surface area contributed by atoms with Crippen molar-refractivity contribution in [1.29, 1.82) is 0 Å². The van der Waals surface area contributed by atoms with Crippen molar-refractivity contribution in [1.82, 2.24) is 14.8 Å². The van der Waals surface area contributed by atoms with Crippen molar-refractivity contribution in [3.05, 3.63) is 65.1 Å². The Bertz CT molecular complexity index is 1200. The largest absolute Gasteiger partial charge is 0.461 e. The number of hydrogen-bond acceptors (Lipinski definition) is 5. The van der Waals surface area contributed by atoms with Gasteiger partial charge in [0.1, 0.15) is 17.2 Å². The van der Waals surface area contributed by atoms with E-state index in [2.05, 4.69) is 10.3 Å². The normalized spacial score (nSPS) is 16.3. The number of fused-ring (bicyclic) bond motifs is 2.